The minimum Gasteiger partial charge on any atom is -0.249 e. The van der Waals surface area contributed by atoms with E-state index >= 15 is 0 Å². The van der Waals surface area contributed by atoms with Crippen molar-refractivity contribution in [1.29, 1.82) is 0 Å². The molecule has 1 aromatic rings. The molecule has 1 aromatic heterocycles. The van der Waals surface area contributed by atoms with Crippen LogP contribution in [-0.2, 0) is 6.54 Å². The number of rotatable bonds is 3. The average Bonchev–Trinajstić information content (AvgIpc) is 2.54. The van der Waals surface area contributed by atoms with Gasteiger partial charge in [-0.3, -0.25) is 0 Å². The minimum atomic E-state index is 0.200. The molecule has 3 nitrogen and oxygen atoms in total. The second-order valence-corrected chi connectivity index (χ2v) is 4.83. The number of hydrogen-bond donors (Lipinski definition) is 0. The van der Waals surface area contributed by atoms with Gasteiger partial charge in [0.1, 0.15) is 12.7 Å². The molecule has 0 amide bonds. The van der Waals surface area contributed by atoms with Crippen molar-refractivity contribution in [3.05, 3.63) is 36.5 Å². The van der Waals surface area contributed by atoms with Crippen LogP contribution in [0.1, 0.15) is 27.7 Å². The highest BCUT2D eigenvalue weighted by Gasteiger charge is 2.12. The molecule has 0 bridgehead atoms. The topological polar surface area (TPSA) is 30.7 Å². The van der Waals surface area contributed by atoms with Crippen molar-refractivity contribution >= 4 is 0 Å². The third kappa shape index (κ3) is 3.70. The highest BCUT2D eigenvalue weighted by molar-refractivity contribution is 5.22. The summed E-state index contributed by atoms with van der Waals surface area (Å²) in [6.07, 6.45) is 5.36. The summed E-state index contributed by atoms with van der Waals surface area (Å²) in [5, 5.41) is 4.04. The predicted octanol–water partition coefficient (Wildman–Crippen LogP) is 2.83. The van der Waals surface area contributed by atoms with Crippen LogP contribution in [0.4, 0.5) is 0 Å². The SMILES string of the molecule is C=C(/C=C(\C)C(C)(C)C)Cn1cncn1. The van der Waals surface area contributed by atoms with Gasteiger partial charge in [-0.05, 0) is 17.9 Å². The molecule has 1 rings (SSSR count). The number of aromatic nitrogens is 3. The molecule has 0 aliphatic carbocycles. The third-order valence-electron chi connectivity index (χ3n) is 2.44. The zero-order valence-electron chi connectivity index (χ0n) is 9.99. The van der Waals surface area contributed by atoms with Crippen molar-refractivity contribution in [3.8, 4) is 0 Å². The van der Waals surface area contributed by atoms with Crippen molar-refractivity contribution in [2.75, 3.05) is 0 Å². The van der Waals surface area contributed by atoms with Crippen LogP contribution in [0.5, 0.6) is 0 Å². The van der Waals surface area contributed by atoms with E-state index in [9.17, 15) is 0 Å². The Kier molecular flexibility index (Phi) is 3.45. The van der Waals surface area contributed by atoms with Crippen LogP contribution in [0, 0.1) is 5.41 Å². The summed E-state index contributed by atoms with van der Waals surface area (Å²) in [5.74, 6) is 0. The fraction of sp³-hybridized carbons (Fsp3) is 0.500. The maximum atomic E-state index is 4.04. The number of nitrogens with zero attached hydrogens (tertiary/aromatic N) is 3. The zero-order chi connectivity index (χ0) is 11.5. The molecule has 0 radical (unpaired) electrons. The summed E-state index contributed by atoms with van der Waals surface area (Å²) in [7, 11) is 0. The van der Waals surface area contributed by atoms with Crippen molar-refractivity contribution in [2.45, 2.75) is 34.2 Å². The third-order valence-corrected chi connectivity index (χ3v) is 2.44. The van der Waals surface area contributed by atoms with Gasteiger partial charge in [-0.25, -0.2) is 9.67 Å². The van der Waals surface area contributed by atoms with Gasteiger partial charge < -0.3 is 0 Å². The Hall–Kier alpha value is -1.38. The fourth-order valence-electron chi connectivity index (χ4n) is 1.09. The standard InChI is InChI=1S/C12H19N3/c1-10(6-11(2)12(3,4)5)7-15-9-13-8-14-15/h6,8-9H,1,7H2,2-5H3/b11-6+. The van der Waals surface area contributed by atoms with E-state index in [-0.39, 0.29) is 5.41 Å². The molecule has 0 spiro atoms. The summed E-state index contributed by atoms with van der Waals surface area (Å²) in [6, 6.07) is 0. The first-order valence-corrected chi connectivity index (χ1v) is 5.08. The smallest absolute Gasteiger partial charge is 0.137 e. The molecule has 0 saturated heterocycles. The van der Waals surface area contributed by atoms with Gasteiger partial charge in [0.15, 0.2) is 0 Å². The fourth-order valence-corrected chi connectivity index (χ4v) is 1.09. The lowest BCUT2D eigenvalue weighted by atomic mass is 9.86. The second-order valence-electron chi connectivity index (χ2n) is 4.83. The highest BCUT2D eigenvalue weighted by atomic mass is 15.3. The first kappa shape index (κ1) is 11.7. The summed E-state index contributed by atoms with van der Waals surface area (Å²) in [5.41, 5.74) is 2.58. The van der Waals surface area contributed by atoms with Crippen LogP contribution in [-0.4, -0.2) is 14.8 Å². The van der Waals surface area contributed by atoms with Gasteiger partial charge >= 0.3 is 0 Å². The van der Waals surface area contributed by atoms with Gasteiger partial charge in [0.25, 0.3) is 0 Å². The van der Waals surface area contributed by atoms with Crippen LogP contribution in [0.3, 0.4) is 0 Å². The van der Waals surface area contributed by atoms with Crippen molar-refractivity contribution in [2.24, 2.45) is 5.41 Å². The van der Waals surface area contributed by atoms with Crippen molar-refractivity contribution in [3.63, 3.8) is 0 Å². The Morgan fingerprint density at radius 2 is 2.13 bits per heavy atom. The normalized spacial score (nSPS) is 12.9. The van der Waals surface area contributed by atoms with Gasteiger partial charge in [0.2, 0.25) is 0 Å². The van der Waals surface area contributed by atoms with Crippen LogP contribution in [0.25, 0.3) is 0 Å². The molecule has 0 fully saturated rings. The van der Waals surface area contributed by atoms with E-state index in [1.165, 1.54) is 11.9 Å². The molecule has 0 aliphatic rings. The largest absolute Gasteiger partial charge is 0.249 e. The van der Waals surface area contributed by atoms with E-state index in [1.54, 1.807) is 11.0 Å². The molecule has 82 valence electrons. The van der Waals surface area contributed by atoms with Gasteiger partial charge in [0, 0.05) is 0 Å². The number of allylic oxidation sites excluding steroid dienone is 3. The highest BCUT2D eigenvalue weighted by Crippen LogP contribution is 2.25. The van der Waals surface area contributed by atoms with E-state index in [0.717, 1.165) is 5.57 Å². The summed E-state index contributed by atoms with van der Waals surface area (Å²) >= 11 is 0. The molecule has 3 heteroatoms. The minimum absolute atomic E-state index is 0.200. The summed E-state index contributed by atoms with van der Waals surface area (Å²) < 4.78 is 1.77. The van der Waals surface area contributed by atoms with E-state index < -0.39 is 0 Å². The Morgan fingerprint density at radius 3 is 2.60 bits per heavy atom. The Labute approximate surface area is 91.5 Å². The van der Waals surface area contributed by atoms with Crippen LogP contribution in [0.15, 0.2) is 36.5 Å². The average molecular weight is 205 g/mol. The van der Waals surface area contributed by atoms with E-state index in [4.69, 9.17) is 0 Å². The molecular weight excluding hydrogens is 186 g/mol. The second kappa shape index (κ2) is 4.43. The zero-order valence-corrected chi connectivity index (χ0v) is 9.99. The molecule has 15 heavy (non-hydrogen) atoms. The molecule has 0 aliphatic heterocycles. The van der Waals surface area contributed by atoms with Crippen molar-refractivity contribution < 1.29 is 0 Å². The Morgan fingerprint density at radius 1 is 1.47 bits per heavy atom. The molecule has 0 aromatic carbocycles. The van der Waals surface area contributed by atoms with Crippen LogP contribution < -0.4 is 0 Å². The molecule has 0 unspecified atom stereocenters. The monoisotopic (exact) mass is 205 g/mol. The first-order valence-electron chi connectivity index (χ1n) is 5.08. The maximum Gasteiger partial charge on any atom is 0.137 e. The summed E-state index contributed by atoms with van der Waals surface area (Å²) in [4.78, 5) is 3.89. The molecular formula is C12H19N3. The maximum absolute atomic E-state index is 4.04. The molecule has 0 saturated carbocycles. The van der Waals surface area contributed by atoms with Crippen LogP contribution >= 0.6 is 0 Å². The summed E-state index contributed by atoms with van der Waals surface area (Å²) in [6.45, 7) is 13.4. The van der Waals surface area contributed by atoms with Gasteiger partial charge in [-0.1, -0.05) is 39.0 Å². The van der Waals surface area contributed by atoms with E-state index in [2.05, 4.69) is 50.4 Å². The lowest BCUT2D eigenvalue weighted by Gasteiger charge is -2.19. The quantitative estimate of drug-likeness (QED) is 0.710. The first-order chi connectivity index (χ1) is 6.89. The predicted molar refractivity (Wildman–Crippen MR) is 62.4 cm³/mol. The van der Waals surface area contributed by atoms with Crippen molar-refractivity contribution in [1.82, 2.24) is 14.8 Å². The molecule has 0 N–H and O–H groups in total. The number of hydrogen-bond acceptors (Lipinski definition) is 2. The Bertz CT molecular complexity index is 353. The lowest BCUT2D eigenvalue weighted by molar-refractivity contribution is 0.503. The van der Waals surface area contributed by atoms with Gasteiger partial charge in [-0.2, -0.15) is 5.10 Å². The molecule has 1 heterocycles. The van der Waals surface area contributed by atoms with Gasteiger partial charge in [0.05, 0.1) is 6.54 Å². The Balaban J connectivity index is 2.64. The van der Waals surface area contributed by atoms with E-state index in [1.807, 2.05) is 0 Å². The lowest BCUT2D eigenvalue weighted by Crippen LogP contribution is -2.08. The van der Waals surface area contributed by atoms with E-state index in [0.29, 0.717) is 6.54 Å². The van der Waals surface area contributed by atoms with Crippen LogP contribution in [0.2, 0.25) is 0 Å². The van der Waals surface area contributed by atoms with Gasteiger partial charge in [-0.15, -0.1) is 0 Å². The molecule has 0 atom stereocenters.